The van der Waals surface area contributed by atoms with Gasteiger partial charge in [-0.05, 0) is 39.5 Å². The summed E-state index contributed by atoms with van der Waals surface area (Å²) >= 11 is 0. The summed E-state index contributed by atoms with van der Waals surface area (Å²) in [5.74, 6) is -3.66. The molecule has 2 unspecified atom stereocenters. The number of carbonyl (C=O) groups excluding carboxylic acids is 1. The minimum Gasteiger partial charge on any atom is -0.438 e. The number of aromatic nitrogens is 2. The van der Waals surface area contributed by atoms with E-state index in [1.54, 1.807) is 0 Å². The zero-order valence-electron chi connectivity index (χ0n) is 20.6. The number of nitrogens with zero attached hydrogens (tertiary/aromatic N) is 5. The molecule has 3 heterocycles. The van der Waals surface area contributed by atoms with Crippen LogP contribution in [-0.4, -0.2) is 94.3 Å². The van der Waals surface area contributed by atoms with Crippen molar-refractivity contribution in [3.05, 3.63) is 11.7 Å². The summed E-state index contributed by atoms with van der Waals surface area (Å²) in [6.45, 7) is 9.44. The first-order valence-corrected chi connectivity index (χ1v) is 12.4. The topological polar surface area (TPSA) is 74.9 Å². The molecule has 0 radical (unpaired) electrons. The molecule has 2 aliphatic heterocycles. The Hall–Kier alpha value is -1.95. The molecule has 0 N–H and O–H groups in total. The lowest BCUT2D eigenvalue weighted by Crippen LogP contribution is -2.61. The van der Waals surface area contributed by atoms with Crippen LogP contribution in [0.1, 0.15) is 71.0 Å². The number of amides is 1. The van der Waals surface area contributed by atoms with Gasteiger partial charge in [-0.2, -0.15) is 13.8 Å². The lowest BCUT2D eigenvalue weighted by molar-refractivity contribution is -0.170. The maximum absolute atomic E-state index is 15.0. The van der Waals surface area contributed by atoms with Crippen molar-refractivity contribution in [1.29, 1.82) is 0 Å². The number of carbonyl (C=O) groups is 1. The molecule has 1 aromatic rings. The molecule has 2 atom stereocenters. The SMILES string of the molecule is CC(C)N1CCN(C2CCCC(F)(F)C2OC(=O)N2CCC(C)(c3noc(C(F)F)n3)CC2)CC1. The molecule has 1 amide bonds. The van der Waals surface area contributed by atoms with Gasteiger partial charge in [-0.15, -0.1) is 0 Å². The van der Waals surface area contributed by atoms with Crippen LogP contribution in [0.25, 0.3) is 0 Å². The number of piperidine rings is 1. The molecule has 2 saturated heterocycles. The molecule has 198 valence electrons. The number of hydrogen-bond donors (Lipinski definition) is 0. The third kappa shape index (κ3) is 5.58. The quantitative estimate of drug-likeness (QED) is 0.559. The van der Waals surface area contributed by atoms with E-state index in [2.05, 4.69) is 33.4 Å². The first-order chi connectivity index (χ1) is 16.5. The number of likely N-dealkylation sites (tertiary alicyclic amines) is 1. The first-order valence-electron chi connectivity index (χ1n) is 12.4. The van der Waals surface area contributed by atoms with Crippen LogP contribution in [0.4, 0.5) is 22.4 Å². The highest BCUT2D eigenvalue weighted by Crippen LogP contribution is 2.39. The fourth-order valence-electron chi connectivity index (χ4n) is 5.40. The number of halogens is 4. The van der Waals surface area contributed by atoms with Gasteiger partial charge < -0.3 is 14.2 Å². The minimum atomic E-state index is -3.09. The van der Waals surface area contributed by atoms with Crippen LogP contribution in [-0.2, 0) is 10.2 Å². The zero-order valence-corrected chi connectivity index (χ0v) is 20.6. The molecule has 0 spiro atoms. The number of ether oxygens (including phenoxy) is 1. The summed E-state index contributed by atoms with van der Waals surface area (Å²) in [5, 5.41) is 3.68. The Labute approximate surface area is 202 Å². The highest BCUT2D eigenvalue weighted by atomic mass is 19.3. The zero-order chi connectivity index (χ0) is 25.4. The Kier molecular flexibility index (Phi) is 7.61. The van der Waals surface area contributed by atoms with Crippen molar-refractivity contribution < 1.29 is 31.6 Å². The van der Waals surface area contributed by atoms with Gasteiger partial charge in [-0.25, -0.2) is 13.6 Å². The maximum Gasteiger partial charge on any atom is 0.410 e. The van der Waals surface area contributed by atoms with Gasteiger partial charge in [-0.1, -0.05) is 12.1 Å². The smallest absolute Gasteiger partial charge is 0.410 e. The normalized spacial score (nSPS) is 28.0. The van der Waals surface area contributed by atoms with E-state index >= 15 is 0 Å². The predicted molar refractivity (Wildman–Crippen MR) is 119 cm³/mol. The maximum atomic E-state index is 15.0. The van der Waals surface area contributed by atoms with E-state index < -0.39 is 41.9 Å². The molecule has 8 nitrogen and oxygen atoms in total. The summed E-state index contributed by atoms with van der Waals surface area (Å²) in [6.07, 6.45) is -3.68. The van der Waals surface area contributed by atoms with Crippen molar-refractivity contribution in [3.63, 3.8) is 0 Å². The second kappa shape index (κ2) is 10.2. The Balaban J connectivity index is 1.38. The van der Waals surface area contributed by atoms with E-state index in [4.69, 9.17) is 4.74 Å². The van der Waals surface area contributed by atoms with Crippen molar-refractivity contribution in [2.45, 2.75) is 88.8 Å². The highest BCUT2D eigenvalue weighted by Gasteiger charge is 2.52. The van der Waals surface area contributed by atoms with Gasteiger partial charge in [0.05, 0.1) is 6.04 Å². The number of alkyl halides is 4. The van der Waals surface area contributed by atoms with E-state index in [1.807, 2.05) is 11.8 Å². The predicted octanol–water partition coefficient (Wildman–Crippen LogP) is 4.08. The molecule has 12 heteroatoms. The molecule has 35 heavy (non-hydrogen) atoms. The first kappa shape index (κ1) is 26.1. The number of piperazine rings is 1. The minimum absolute atomic E-state index is 0.167. The molecule has 0 bridgehead atoms. The molecule has 1 aromatic heterocycles. The standard InChI is InChI=1S/C23H35F4N5O3/c1-15(2)30-11-13-31(14-12-30)16-5-4-6-23(26,27)17(16)34-21(33)32-9-7-22(3,8-10-32)20-28-19(18(24)25)35-29-20/h15-18H,4-14H2,1-3H3. The second-order valence-corrected chi connectivity index (χ2v) is 10.5. The Morgan fingerprint density at radius 2 is 1.74 bits per heavy atom. The van der Waals surface area contributed by atoms with Gasteiger partial charge in [0.2, 0.25) is 0 Å². The number of rotatable bonds is 5. The lowest BCUT2D eigenvalue weighted by atomic mass is 9.80. The summed E-state index contributed by atoms with van der Waals surface area (Å²) in [6, 6.07) is -0.114. The fraction of sp³-hybridized carbons (Fsp3) is 0.870. The molecule has 4 rings (SSSR count). The van der Waals surface area contributed by atoms with Crippen LogP contribution in [0.3, 0.4) is 0 Å². The number of hydrogen-bond acceptors (Lipinski definition) is 7. The van der Waals surface area contributed by atoms with Crippen LogP contribution >= 0.6 is 0 Å². The van der Waals surface area contributed by atoms with Crippen LogP contribution in [0.2, 0.25) is 0 Å². The van der Waals surface area contributed by atoms with Crippen molar-refractivity contribution in [1.82, 2.24) is 24.8 Å². The third-order valence-corrected chi connectivity index (χ3v) is 7.85. The van der Waals surface area contributed by atoms with Gasteiger partial charge in [0.15, 0.2) is 11.9 Å². The van der Waals surface area contributed by atoms with Gasteiger partial charge in [0.1, 0.15) is 0 Å². The molecule has 1 aliphatic carbocycles. The van der Waals surface area contributed by atoms with Crippen LogP contribution in [0, 0.1) is 0 Å². The Bertz CT molecular complexity index is 867. The Morgan fingerprint density at radius 1 is 1.09 bits per heavy atom. The summed E-state index contributed by atoms with van der Waals surface area (Å²) in [7, 11) is 0. The molecular weight excluding hydrogens is 470 g/mol. The van der Waals surface area contributed by atoms with E-state index in [0.717, 1.165) is 13.1 Å². The molecule has 1 saturated carbocycles. The van der Waals surface area contributed by atoms with Crippen molar-refractivity contribution in [2.75, 3.05) is 39.3 Å². The van der Waals surface area contributed by atoms with E-state index in [9.17, 15) is 22.4 Å². The highest BCUT2D eigenvalue weighted by molar-refractivity contribution is 5.68. The van der Waals surface area contributed by atoms with Crippen molar-refractivity contribution in [3.8, 4) is 0 Å². The monoisotopic (exact) mass is 505 g/mol. The van der Waals surface area contributed by atoms with Gasteiger partial charge in [-0.3, -0.25) is 9.80 Å². The van der Waals surface area contributed by atoms with Crippen molar-refractivity contribution >= 4 is 6.09 Å². The average Bonchev–Trinajstić information content (AvgIpc) is 3.32. The Morgan fingerprint density at radius 3 is 2.31 bits per heavy atom. The molecular formula is C23H35F4N5O3. The van der Waals surface area contributed by atoms with Gasteiger partial charge in [0.25, 0.3) is 11.8 Å². The average molecular weight is 506 g/mol. The molecule has 3 fully saturated rings. The molecule has 0 aromatic carbocycles. The second-order valence-electron chi connectivity index (χ2n) is 10.5. The van der Waals surface area contributed by atoms with Crippen LogP contribution < -0.4 is 0 Å². The summed E-state index contributed by atoms with van der Waals surface area (Å²) in [5.41, 5.74) is -0.652. The van der Waals surface area contributed by atoms with Crippen LogP contribution in [0.5, 0.6) is 0 Å². The lowest BCUT2D eigenvalue weighted by Gasteiger charge is -2.47. The summed E-state index contributed by atoms with van der Waals surface area (Å²) in [4.78, 5) is 22.5. The van der Waals surface area contributed by atoms with Gasteiger partial charge in [0, 0.05) is 57.1 Å². The van der Waals surface area contributed by atoms with Crippen molar-refractivity contribution in [2.24, 2.45) is 0 Å². The van der Waals surface area contributed by atoms with E-state index in [-0.39, 0.29) is 25.3 Å². The fourth-order valence-corrected chi connectivity index (χ4v) is 5.40. The van der Waals surface area contributed by atoms with E-state index in [0.29, 0.717) is 44.8 Å². The molecule has 3 aliphatic rings. The summed E-state index contributed by atoms with van der Waals surface area (Å²) < 4.78 is 65.8. The largest absolute Gasteiger partial charge is 0.438 e. The van der Waals surface area contributed by atoms with E-state index in [1.165, 1.54) is 4.90 Å². The van der Waals surface area contributed by atoms with Gasteiger partial charge >= 0.3 is 12.5 Å². The third-order valence-electron chi connectivity index (χ3n) is 7.85. The van der Waals surface area contributed by atoms with Crippen LogP contribution in [0.15, 0.2) is 4.52 Å².